The molecule has 0 saturated carbocycles. The minimum atomic E-state index is -1.03. The molecule has 110 valence electrons. The van der Waals surface area contributed by atoms with Crippen molar-refractivity contribution in [2.24, 2.45) is 0 Å². The average molecular weight is 303 g/mol. The maximum atomic E-state index is 12.2. The molecule has 0 saturated heterocycles. The molecule has 1 aromatic carbocycles. The number of hydrogen-bond acceptors (Lipinski definition) is 3. The number of nitrogens with one attached hydrogen (secondary N) is 3. The van der Waals surface area contributed by atoms with Crippen LogP contribution in [0.15, 0.2) is 47.2 Å². The SMILES string of the molecule is CC(C)(NC(=O)Nc1ccccc1)C(=O)Nc1ccsc1. The fourth-order valence-electron chi connectivity index (χ4n) is 1.65. The van der Waals surface area contributed by atoms with Crippen LogP contribution in [0.2, 0.25) is 0 Å². The summed E-state index contributed by atoms with van der Waals surface area (Å²) in [4.78, 5) is 24.1. The Morgan fingerprint density at radius 3 is 2.33 bits per heavy atom. The van der Waals surface area contributed by atoms with E-state index in [4.69, 9.17) is 0 Å². The highest BCUT2D eigenvalue weighted by atomic mass is 32.1. The van der Waals surface area contributed by atoms with Gasteiger partial charge in [-0.05, 0) is 37.4 Å². The van der Waals surface area contributed by atoms with Gasteiger partial charge in [0.05, 0.1) is 5.69 Å². The molecular weight excluding hydrogens is 286 g/mol. The average Bonchev–Trinajstić information content (AvgIpc) is 2.92. The largest absolute Gasteiger partial charge is 0.324 e. The van der Waals surface area contributed by atoms with Crippen molar-refractivity contribution in [1.82, 2.24) is 5.32 Å². The normalized spacial score (nSPS) is 10.8. The van der Waals surface area contributed by atoms with Gasteiger partial charge in [-0.2, -0.15) is 11.3 Å². The zero-order chi connectivity index (χ0) is 15.3. The number of urea groups is 1. The van der Waals surface area contributed by atoms with Crippen molar-refractivity contribution in [3.05, 3.63) is 47.2 Å². The summed E-state index contributed by atoms with van der Waals surface area (Å²) in [5, 5.41) is 11.8. The summed E-state index contributed by atoms with van der Waals surface area (Å²) < 4.78 is 0. The number of hydrogen-bond donors (Lipinski definition) is 3. The van der Waals surface area contributed by atoms with Crippen LogP contribution in [-0.4, -0.2) is 17.5 Å². The van der Waals surface area contributed by atoms with Crippen LogP contribution < -0.4 is 16.0 Å². The molecule has 0 radical (unpaired) electrons. The molecule has 0 aliphatic rings. The molecule has 2 aromatic rings. The van der Waals surface area contributed by atoms with Gasteiger partial charge in [0, 0.05) is 11.1 Å². The summed E-state index contributed by atoms with van der Waals surface area (Å²) in [5.74, 6) is -0.274. The van der Waals surface area contributed by atoms with Crippen molar-refractivity contribution in [2.45, 2.75) is 19.4 Å². The van der Waals surface area contributed by atoms with E-state index in [1.165, 1.54) is 11.3 Å². The van der Waals surface area contributed by atoms with Gasteiger partial charge in [-0.1, -0.05) is 18.2 Å². The van der Waals surface area contributed by atoms with Crippen molar-refractivity contribution >= 4 is 34.6 Å². The number of carbonyl (C=O) groups excluding carboxylic acids is 2. The van der Waals surface area contributed by atoms with Crippen LogP contribution >= 0.6 is 11.3 Å². The monoisotopic (exact) mass is 303 g/mol. The van der Waals surface area contributed by atoms with E-state index >= 15 is 0 Å². The molecule has 0 aliphatic heterocycles. The second kappa shape index (κ2) is 6.41. The van der Waals surface area contributed by atoms with Crippen LogP contribution in [0.1, 0.15) is 13.8 Å². The lowest BCUT2D eigenvalue weighted by molar-refractivity contribution is -0.120. The highest BCUT2D eigenvalue weighted by Crippen LogP contribution is 2.15. The molecule has 0 bridgehead atoms. The first-order valence-electron chi connectivity index (χ1n) is 6.45. The lowest BCUT2D eigenvalue weighted by atomic mass is 10.0. The van der Waals surface area contributed by atoms with E-state index < -0.39 is 11.6 Å². The molecule has 1 aromatic heterocycles. The molecule has 3 N–H and O–H groups in total. The molecule has 3 amide bonds. The summed E-state index contributed by atoms with van der Waals surface area (Å²) in [5.41, 5.74) is 0.369. The van der Waals surface area contributed by atoms with Crippen LogP contribution in [-0.2, 0) is 4.79 Å². The van der Waals surface area contributed by atoms with Gasteiger partial charge in [0.25, 0.3) is 0 Å². The van der Waals surface area contributed by atoms with Crippen LogP contribution in [0.5, 0.6) is 0 Å². The molecular formula is C15H17N3O2S. The molecule has 5 nitrogen and oxygen atoms in total. The Morgan fingerprint density at radius 2 is 1.71 bits per heavy atom. The first kappa shape index (κ1) is 15.1. The Kier molecular flexibility index (Phi) is 4.59. The van der Waals surface area contributed by atoms with Crippen molar-refractivity contribution in [1.29, 1.82) is 0 Å². The minimum Gasteiger partial charge on any atom is -0.324 e. The maximum absolute atomic E-state index is 12.2. The molecule has 2 rings (SSSR count). The number of para-hydroxylation sites is 1. The molecule has 0 atom stereocenters. The number of thiophene rings is 1. The van der Waals surface area contributed by atoms with E-state index in [2.05, 4.69) is 16.0 Å². The molecule has 0 fully saturated rings. The van der Waals surface area contributed by atoms with E-state index in [0.717, 1.165) is 5.69 Å². The lowest BCUT2D eigenvalue weighted by Gasteiger charge is -2.25. The van der Waals surface area contributed by atoms with E-state index in [1.807, 2.05) is 35.0 Å². The van der Waals surface area contributed by atoms with Gasteiger partial charge in [-0.15, -0.1) is 0 Å². The van der Waals surface area contributed by atoms with Crippen molar-refractivity contribution in [3.8, 4) is 0 Å². The Morgan fingerprint density at radius 1 is 1.00 bits per heavy atom. The molecule has 0 aliphatic carbocycles. The van der Waals surface area contributed by atoms with Gasteiger partial charge in [0.2, 0.25) is 5.91 Å². The number of rotatable bonds is 4. The third kappa shape index (κ3) is 4.32. The Hall–Kier alpha value is -2.34. The minimum absolute atomic E-state index is 0.274. The van der Waals surface area contributed by atoms with Gasteiger partial charge >= 0.3 is 6.03 Å². The maximum Gasteiger partial charge on any atom is 0.320 e. The topological polar surface area (TPSA) is 70.2 Å². The van der Waals surface area contributed by atoms with Gasteiger partial charge in [-0.3, -0.25) is 4.79 Å². The zero-order valence-electron chi connectivity index (χ0n) is 11.8. The van der Waals surface area contributed by atoms with Crippen LogP contribution in [0, 0.1) is 0 Å². The molecule has 1 heterocycles. The first-order valence-corrected chi connectivity index (χ1v) is 7.39. The van der Waals surface area contributed by atoms with Crippen LogP contribution in [0.4, 0.5) is 16.2 Å². The highest BCUT2D eigenvalue weighted by molar-refractivity contribution is 7.08. The van der Waals surface area contributed by atoms with Crippen molar-refractivity contribution in [3.63, 3.8) is 0 Å². The smallest absolute Gasteiger partial charge is 0.320 e. The molecule has 6 heteroatoms. The summed E-state index contributed by atoms with van der Waals surface area (Å²) in [6.07, 6.45) is 0. The molecule has 0 unspecified atom stereocenters. The van der Waals surface area contributed by atoms with E-state index in [0.29, 0.717) is 5.69 Å². The Bertz CT molecular complexity index is 609. The summed E-state index contributed by atoms with van der Waals surface area (Å²) >= 11 is 1.49. The zero-order valence-corrected chi connectivity index (χ0v) is 12.7. The highest BCUT2D eigenvalue weighted by Gasteiger charge is 2.29. The van der Waals surface area contributed by atoms with E-state index in [-0.39, 0.29) is 5.91 Å². The van der Waals surface area contributed by atoms with Crippen LogP contribution in [0.3, 0.4) is 0 Å². The van der Waals surface area contributed by atoms with E-state index in [1.54, 1.807) is 26.0 Å². The first-order chi connectivity index (χ1) is 9.97. The summed E-state index contributed by atoms with van der Waals surface area (Å²) in [7, 11) is 0. The lowest BCUT2D eigenvalue weighted by Crippen LogP contribution is -2.53. The number of amides is 3. The predicted molar refractivity (Wildman–Crippen MR) is 85.6 cm³/mol. The number of benzene rings is 1. The summed E-state index contributed by atoms with van der Waals surface area (Å²) in [6.45, 7) is 3.30. The second-order valence-corrected chi connectivity index (χ2v) is 5.82. The predicted octanol–water partition coefficient (Wildman–Crippen LogP) is 3.29. The Labute approximate surface area is 127 Å². The molecule has 21 heavy (non-hydrogen) atoms. The van der Waals surface area contributed by atoms with Crippen molar-refractivity contribution < 1.29 is 9.59 Å². The van der Waals surface area contributed by atoms with Gasteiger partial charge < -0.3 is 16.0 Å². The van der Waals surface area contributed by atoms with Gasteiger partial charge in [0.15, 0.2) is 0 Å². The number of carbonyl (C=O) groups is 2. The number of anilines is 2. The third-order valence-electron chi connectivity index (χ3n) is 2.80. The second-order valence-electron chi connectivity index (χ2n) is 5.04. The van der Waals surface area contributed by atoms with Gasteiger partial charge in [-0.25, -0.2) is 4.79 Å². The summed E-state index contributed by atoms with van der Waals surface area (Å²) in [6, 6.07) is 10.4. The third-order valence-corrected chi connectivity index (χ3v) is 3.49. The fourth-order valence-corrected chi connectivity index (χ4v) is 2.24. The van der Waals surface area contributed by atoms with E-state index in [9.17, 15) is 9.59 Å². The van der Waals surface area contributed by atoms with Gasteiger partial charge in [0.1, 0.15) is 5.54 Å². The van der Waals surface area contributed by atoms with Crippen molar-refractivity contribution in [2.75, 3.05) is 10.6 Å². The van der Waals surface area contributed by atoms with Crippen LogP contribution in [0.25, 0.3) is 0 Å². The molecule has 0 spiro atoms. The quantitative estimate of drug-likeness (QED) is 0.811. The fraction of sp³-hybridized carbons (Fsp3) is 0.200. The Balaban J connectivity index is 1.93. The standard InChI is InChI=1S/C15H17N3O2S/c1-15(2,13(19)16-12-8-9-21-10-12)18-14(20)17-11-6-4-3-5-7-11/h3-10H,1-2H3,(H,16,19)(H2,17,18,20).